The molecular weight excluding hydrogens is 425 g/mol. The summed E-state index contributed by atoms with van der Waals surface area (Å²) in [6, 6.07) is 4.70. The highest BCUT2D eigenvalue weighted by Gasteiger charge is 2.25. The smallest absolute Gasteiger partial charge is 0.407 e. The minimum Gasteiger partial charge on any atom is -0.444 e. The maximum Gasteiger partial charge on any atom is 0.407 e. The molecule has 1 aromatic rings. The van der Waals surface area contributed by atoms with Crippen LogP contribution in [0.25, 0.3) is 0 Å². The second kappa shape index (κ2) is 10.8. The first kappa shape index (κ1) is 24.2. The first-order chi connectivity index (χ1) is 14.0. The molecule has 1 aliphatic rings. The van der Waals surface area contributed by atoms with Crippen LogP contribution in [0.2, 0.25) is 10.0 Å². The van der Waals surface area contributed by atoms with Crippen LogP contribution >= 0.6 is 23.2 Å². The van der Waals surface area contributed by atoms with Crippen molar-refractivity contribution in [1.29, 1.82) is 0 Å². The number of ether oxygens (including phenoxy) is 1. The maximum absolute atomic E-state index is 12.2. The summed E-state index contributed by atoms with van der Waals surface area (Å²) in [4.78, 5) is 24.1. The molecule has 3 N–H and O–H groups in total. The van der Waals surface area contributed by atoms with Gasteiger partial charge in [0.15, 0.2) is 0 Å². The largest absolute Gasteiger partial charge is 0.444 e. The third-order valence-corrected chi connectivity index (χ3v) is 5.22. The van der Waals surface area contributed by atoms with Gasteiger partial charge in [-0.3, -0.25) is 0 Å². The zero-order chi connectivity index (χ0) is 22.3. The van der Waals surface area contributed by atoms with Gasteiger partial charge in [0.1, 0.15) is 5.60 Å². The summed E-state index contributed by atoms with van der Waals surface area (Å²) in [6.45, 7) is 7.32. The highest BCUT2D eigenvalue weighted by molar-refractivity contribution is 6.42. The number of benzene rings is 1. The van der Waals surface area contributed by atoms with E-state index in [1.807, 2.05) is 27.7 Å². The maximum atomic E-state index is 12.2. The Morgan fingerprint density at radius 1 is 1.07 bits per heavy atom. The number of carbonyl (C=O) groups is 2. The predicted molar refractivity (Wildman–Crippen MR) is 120 cm³/mol. The van der Waals surface area contributed by atoms with Crippen LogP contribution in [0.4, 0.5) is 9.59 Å². The van der Waals surface area contributed by atoms with Gasteiger partial charge in [-0.1, -0.05) is 35.0 Å². The molecule has 1 atom stereocenters. The van der Waals surface area contributed by atoms with Crippen LogP contribution in [0.3, 0.4) is 0 Å². The van der Waals surface area contributed by atoms with E-state index in [1.54, 1.807) is 18.2 Å². The number of hydrogen-bond donors (Lipinski definition) is 3. The number of nitrogens with one attached hydrogen (secondary N) is 3. The number of amides is 3. The van der Waals surface area contributed by atoms with Crippen LogP contribution in [0.5, 0.6) is 0 Å². The second-order valence-electron chi connectivity index (χ2n) is 8.43. The molecule has 2 rings (SSSR count). The molecule has 0 heterocycles. The first-order valence-corrected chi connectivity index (χ1v) is 10.8. The summed E-state index contributed by atoms with van der Waals surface area (Å²) in [5.74, 6) is 5.95. The van der Waals surface area contributed by atoms with Crippen LogP contribution in [-0.2, 0) is 4.74 Å². The molecule has 1 fully saturated rings. The average Bonchev–Trinajstić information content (AvgIpc) is 2.62. The van der Waals surface area contributed by atoms with Gasteiger partial charge in [0.2, 0.25) is 0 Å². The molecule has 0 bridgehead atoms. The van der Waals surface area contributed by atoms with Crippen molar-refractivity contribution in [2.24, 2.45) is 0 Å². The molecule has 0 spiro atoms. The third-order valence-electron chi connectivity index (χ3n) is 4.48. The van der Waals surface area contributed by atoms with E-state index in [9.17, 15) is 9.59 Å². The molecule has 1 saturated carbocycles. The van der Waals surface area contributed by atoms with Gasteiger partial charge in [-0.15, -0.1) is 0 Å². The molecule has 0 aliphatic heterocycles. The van der Waals surface area contributed by atoms with E-state index >= 15 is 0 Å². The summed E-state index contributed by atoms with van der Waals surface area (Å²) in [6.07, 6.45) is 2.76. The van der Waals surface area contributed by atoms with Gasteiger partial charge in [-0.25, -0.2) is 9.59 Å². The molecule has 1 aliphatic carbocycles. The Morgan fingerprint density at radius 2 is 1.67 bits per heavy atom. The lowest BCUT2D eigenvalue weighted by molar-refractivity contribution is 0.0490. The summed E-state index contributed by atoms with van der Waals surface area (Å²) in [7, 11) is 0. The van der Waals surface area contributed by atoms with Gasteiger partial charge in [-0.2, -0.15) is 0 Å². The molecule has 30 heavy (non-hydrogen) atoms. The van der Waals surface area contributed by atoms with Crippen molar-refractivity contribution in [2.45, 2.75) is 77.1 Å². The summed E-state index contributed by atoms with van der Waals surface area (Å²) in [5.41, 5.74) is 0.217. The van der Waals surface area contributed by atoms with Gasteiger partial charge in [0.05, 0.1) is 16.1 Å². The minimum absolute atomic E-state index is 0.0666. The van der Waals surface area contributed by atoms with E-state index in [-0.39, 0.29) is 24.2 Å². The number of halogens is 2. The van der Waals surface area contributed by atoms with Gasteiger partial charge in [-0.05, 0) is 71.6 Å². The molecular formula is C22H29Cl2N3O3. The first-order valence-electron chi connectivity index (χ1n) is 10.0. The topological polar surface area (TPSA) is 79.5 Å². The van der Waals surface area contributed by atoms with Crippen molar-refractivity contribution in [1.82, 2.24) is 16.0 Å². The lowest BCUT2D eigenvalue weighted by atomic mass is 9.91. The zero-order valence-electron chi connectivity index (χ0n) is 17.8. The third kappa shape index (κ3) is 8.73. The van der Waals surface area contributed by atoms with Crippen LogP contribution < -0.4 is 16.0 Å². The van der Waals surface area contributed by atoms with E-state index in [4.69, 9.17) is 27.9 Å². The Labute approximate surface area is 188 Å². The second-order valence-corrected chi connectivity index (χ2v) is 9.25. The van der Waals surface area contributed by atoms with Crippen molar-refractivity contribution in [3.05, 3.63) is 33.8 Å². The highest BCUT2D eigenvalue weighted by Crippen LogP contribution is 2.22. The number of alkyl carbamates (subject to hydrolysis) is 1. The highest BCUT2D eigenvalue weighted by atomic mass is 35.5. The Balaban J connectivity index is 1.72. The van der Waals surface area contributed by atoms with Gasteiger partial charge in [0, 0.05) is 17.6 Å². The monoisotopic (exact) mass is 453 g/mol. The molecule has 0 aromatic heterocycles. The fourth-order valence-corrected chi connectivity index (χ4v) is 3.38. The fourth-order valence-electron chi connectivity index (χ4n) is 3.08. The lowest BCUT2D eigenvalue weighted by Crippen LogP contribution is -2.48. The molecule has 3 amide bonds. The summed E-state index contributed by atoms with van der Waals surface area (Å²) in [5, 5.41) is 9.61. The molecule has 1 aromatic carbocycles. The Morgan fingerprint density at radius 3 is 2.23 bits per heavy atom. The van der Waals surface area contributed by atoms with E-state index in [1.165, 1.54) is 0 Å². The van der Waals surface area contributed by atoms with Crippen LogP contribution in [0.1, 0.15) is 58.9 Å². The molecule has 164 valence electrons. The Hall–Kier alpha value is -2.10. The number of urea groups is 1. The number of rotatable bonds is 3. The zero-order valence-corrected chi connectivity index (χ0v) is 19.3. The lowest BCUT2D eigenvalue weighted by Gasteiger charge is -2.30. The standard InChI is InChI=1S/C22H29Cl2N3O3/c1-14(5-6-15-7-12-18(23)19(24)13-15)25-20(28)26-16-8-10-17(11-9-16)27-21(29)30-22(2,3)4/h7,12-14,16-17H,8-11H2,1-4H3,(H,27,29)(H2,25,26,28)/t14?,16-,17+. The van der Waals surface area contributed by atoms with E-state index < -0.39 is 11.7 Å². The SMILES string of the molecule is CC(C#Cc1ccc(Cl)c(Cl)c1)NC(=O)N[C@H]1CC[C@@H](NC(=O)OC(C)(C)C)CC1. The van der Waals surface area contributed by atoms with Crippen molar-refractivity contribution >= 4 is 35.3 Å². The van der Waals surface area contributed by atoms with Crippen molar-refractivity contribution in [3.8, 4) is 11.8 Å². The van der Waals surface area contributed by atoms with E-state index in [0.29, 0.717) is 10.0 Å². The molecule has 1 unspecified atom stereocenters. The van der Waals surface area contributed by atoms with E-state index in [2.05, 4.69) is 27.8 Å². The van der Waals surface area contributed by atoms with Gasteiger partial charge < -0.3 is 20.7 Å². The Kier molecular flexibility index (Phi) is 8.69. The molecule has 0 saturated heterocycles. The van der Waals surface area contributed by atoms with Crippen molar-refractivity contribution < 1.29 is 14.3 Å². The normalized spacial score (nSPS) is 19.7. The summed E-state index contributed by atoms with van der Waals surface area (Å²) >= 11 is 11.9. The van der Waals surface area contributed by atoms with Crippen LogP contribution in [0.15, 0.2) is 18.2 Å². The average molecular weight is 454 g/mol. The minimum atomic E-state index is -0.514. The molecule has 0 radical (unpaired) electrons. The summed E-state index contributed by atoms with van der Waals surface area (Å²) < 4.78 is 5.29. The predicted octanol–water partition coefficient (Wildman–Crippen LogP) is 4.87. The van der Waals surface area contributed by atoms with Crippen molar-refractivity contribution in [2.75, 3.05) is 0 Å². The van der Waals surface area contributed by atoms with E-state index in [0.717, 1.165) is 31.2 Å². The molecule has 6 nitrogen and oxygen atoms in total. The Bertz CT molecular complexity index is 819. The van der Waals surface area contributed by atoms with Crippen molar-refractivity contribution in [3.63, 3.8) is 0 Å². The fraction of sp³-hybridized carbons (Fsp3) is 0.545. The quantitative estimate of drug-likeness (QED) is 0.571. The van der Waals surface area contributed by atoms with Gasteiger partial charge in [0.25, 0.3) is 0 Å². The van der Waals surface area contributed by atoms with Crippen LogP contribution in [-0.4, -0.2) is 35.9 Å². The van der Waals surface area contributed by atoms with Crippen LogP contribution in [0, 0.1) is 11.8 Å². The number of hydrogen-bond acceptors (Lipinski definition) is 3. The van der Waals surface area contributed by atoms with Gasteiger partial charge >= 0.3 is 12.1 Å². The molecule has 8 heteroatoms. The number of carbonyl (C=O) groups excluding carboxylic acids is 2.